The molecule has 0 aromatic heterocycles. The van der Waals surface area contributed by atoms with Gasteiger partial charge in [0.2, 0.25) is 5.91 Å². The van der Waals surface area contributed by atoms with Gasteiger partial charge >= 0.3 is 11.8 Å². The van der Waals surface area contributed by atoms with E-state index in [4.69, 9.17) is 0 Å². The minimum atomic E-state index is -5.05. The molecule has 1 aliphatic heterocycles. The van der Waals surface area contributed by atoms with E-state index < -0.39 is 23.7 Å². The van der Waals surface area contributed by atoms with E-state index in [0.29, 0.717) is 17.9 Å². The zero-order valence-corrected chi connectivity index (χ0v) is 14.8. The minimum absolute atomic E-state index is 0.0496. The molecule has 3 rings (SSSR count). The molecule has 0 spiro atoms. The zero-order chi connectivity index (χ0) is 19.5. The Balaban J connectivity index is 1.76. The van der Waals surface area contributed by atoms with Crippen molar-refractivity contribution < 1.29 is 22.8 Å². The highest BCUT2D eigenvalue weighted by Gasteiger charge is 2.65. The maximum absolute atomic E-state index is 13.7. The minimum Gasteiger partial charge on any atom is -0.316 e. The van der Waals surface area contributed by atoms with Gasteiger partial charge in [0.1, 0.15) is 5.84 Å². The Morgan fingerprint density at radius 3 is 2.48 bits per heavy atom. The lowest BCUT2D eigenvalue weighted by Crippen LogP contribution is -2.63. The van der Waals surface area contributed by atoms with Crippen LogP contribution in [0.25, 0.3) is 0 Å². The molecule has 1 fully saturated rings. The molecule has 1 aliphatic carbocycles. The molecule has 1 unspecified atom stereocenters. The van der Waals surface area contributed by atoms with Crippen LogP contribution in [0.3, 0.4) is 0 Å². The van der Waals surface area contributed by atoms with Crippen molar-refractivity contribution in [2.45, 2.75) is 56.8 Å². The number of alkyl halides is 3. The van der Waals surface area contributed by atoms with Crippen molar-refractivity contribution in [3.63, 3.8) is 0 Å². The van der Waals surface area contributed by atoms with Crippen LogP contribution in [0.4, 0.5) is 13.2 Å². The molecule has 27 heavy (non-hydrogen) atoms. The Hall–Kier alpha value is -2.38. The molecule has 1 saturated carbocycles. The summed E-state index contributed by atoms with van der Waals surface area (Å²) in [4.78, 5) is 28.0. The van der Waals surface area contributed by atoms with Crippen molar-refractivity contribution in [3.05, 3.63) is 35.9 Å². The summed E-state index contributed by atoms with van der Waals surface area (Å²) < 4.78 is 41.2. The molecular formula is C19H22F3N3O2. The predicted octanol–water partition coefficient (Wildman–Crippen LogP) is 3.30. The van der Waals surface area contributed by atoms with Crippen LogP contribution in [0.5, 0.6) is 0 Å². The van der Waals surface area contributed by atoms with Gasteiger partial charge in [-0.1, -0.05) is 62.4 Å². The molecule has 2 amide bonds. The smallest absolute Gasteiger partial charge is 0.316 e. The van der Waals surface area contributed by atoms with Crippen molar-refractivity contribution in [1.82, 2.24) is 10.6 Å². The van der Waals surface area contributed by atoms with Crippen molar-refractivity contribution in [3.8, 4) is 0 Å². The summed E-state index contributed by atoms with van der Waals surface area (Å²) in [7, 11) is 0. The molecule has 2 aliphatic rings. The van der Waals surface area contributed by atoms with Crippen LogP contribution in [-0.2, 0) is 9.59 Å². The van der Waals surface area contributed by atoms with Gasteiger partial charge in [0.05, 0.1) is 0 Å². The second-order valence-corrected chi connectivity index (χ2v) is 7.08. The van der Waals surface area contributed by atoms with E-state index in [9.17, 15) is 22.8 Å². The van der Waals surface area contributed by atoms with Crippen molar-refractivity contribution in [1.29, 1.82) is 0 Å². The summed E-state index contributed by atoms with van der Waals surface area (Å²) in [5.74, 6) is -2.05. The van der Waals surface area contributed by atoms with Crippen LogP contribution in [-0.4, -0.2) is 29.5 Å². The second-order valence-electron chi connectivity index (χ2n) is 7.08. The van der Waals surface area contributed by atoms with Gasteiger partial charge in [-0.2, -0.15) is 13.2 Å². The normalized spacial score (nSPS) is 23.7. The first-order valence-corrected chi connectivity index (χ1v) is 9.16. The monoisotopic (exact) mass is 381 g/mol. The maximum Gasteiger partial charge on any atom is 0.442 e. The molecule has 0 bridgehead atoms. The highest BCUT2D eigenvalue weighted by Crippen LogP contribution is 2.35. The molecule has 0 saturated heterocycles. The number of benzene rings is 1. The number of rotatable bonds is 5. The van der Waals surface area contributed by atoms with E-state index in [1.807, 2.05) is 5.32 Å². The van der Waals surface area contributed by atoms with E-state index in [1.165, 1.54) is 12.1 Å². The van der Waals surface area contributed by atoms with Crippen molar-refractivity contribution >= 4 is 17.6 Å². The van der Waals surface area contributed by atoms with E-state index in [1.54, 1.807) is 18.2 Å². The van der Waals surface area contributed by atoms with Crippen molar-refractivity contribution in [2.75, 3.05) is 0 Å². The maximum atomic E-state index is 13.7. The van der Waals surface area contributed by atoms with Crippen LogP contribution in [0, 0.1) is 5.92 Å². The number of carbonyl (C=O) groups is 2. The average Bonchev–Trinajstić information content (AvgIpc) is 2.99. The predicted molar refractivity (Wildman–Crippen MR) is 93.9 cm³/mol. The highest BCUT2D eigenvalue weighted by atomic mass is 19.4. The molecule has 146 valence electrons. The summed E-state index contributed by atoms with van der Waals surface area (Å²) in [6.45, 7) is 0. The molecule has 1 atom stereocenters. The van der Waals surface area contributed by atoms with E-state index in [-0.39, 0.29) is 12.3 Å². The summed E-state index contributed by atoms with van der Waals surface area (Å²) in [5.41, 5.74) is -2.93. The van der Waals surface area contributed by atoms with Crippen LogP contribution in [0.15, 0.2) is 35.3 Å². The first kappa shape index (κ1) is 19.4. The molecule has 1 aromatic rings. The van der Waals surface area contributed by atoms with Crippen LogP contribution < -0.4 is 10.6 Å². The van der Waals surface area contributed by atoms with Gasteiger partial charge in [-0.05, 0) is 12.3 Å². The molecule has 2 N–H and O–H groups in total. The topological polar surface area (TPSA) is 70.6 Å². The molecule has 1 heterocycles. The lowest BCUT2D eigenvalue weighted by Gasteiger charge is -2.27. The third-order valence-electron chi connectivity index (χ3n) is 5.12. The van der Waals surface area contributed by atoms with E-state index >= 15 is 0 Å². The number of nitrogens with zero attached hydrogens (tertiary/aromatic N) is 1. The molecule has 0 radical (unpaired) electrons. The van der Waals surface area contributed by atoms with E-state index in [2.05, 4.69) is 10.3 Å². The summed E-state index contributed by atoms with van der Waals surface area (Å²) in [6.07, 6.45) is 0.758. The molecule has 8 heteroatoms. The van der Waals surface area contributed by atoms with Crippen LogP contribution >= 0.6 is 0 Å². The van der Waals surface area contributed by atoms with Crippen molar-refractivity contribution in [2.24, 2.45) is 10.9 Å². The number of amides is 2. The third-order valence-corrected chi connectivity index (χ3v) is 5.12. The Morgan fingerprint density at radius 2 is 1.85 bits per heavy atom. The van der Waals surface area contributed by atoms with Gasteiger partial charge in [0, 0.05) is 12.0 Å². The molecule has 5 nitrogen and oxygen atoms in total. The Labute approximate surface area is 155 Å². The van der Waals surface area contributed by atoms with Gasteiger partial charge in [0.15, 0.2) is 0 Å². The lowest BCUT2D eigenvalue weighted by molar-refractivity contribution is -0.197. The standard InChI is InChI=1S/C19H22F3N3O2/c20-19(21,22)18(24-15(26)12-11-13-7-3-1-4-8-13)17(27)23-16(25-18)14-9-5-2-6-10-14/h2,5-6,9-10,13H,1,3-4,7-8,11-12H2,(H,24,26)(H,23,25,27). The fourth-order valence-corrected chi connectivity index (χ4v) is 3.60. The number of halogens is 3. The average molecular weight is 381 g/mol. The fourth-order valence-electron chi connectivity index (χ4n) is 3.60. The largest absolute Gasteiger partial charge is 0.442 e. The first-order valence-electron chi connectivity index (χ1n) is 9.16. The number of hydrogen-bond acceptors (Lipinski definition) is 3. The summed E-state index contributed by atoms with van der Waals surface area (Å²) in [6, 6.07) is 8.03. The van der Waals surface area contributed by atoms with Gasteiger partial charge in [-0.3, -0.25) is 9.59 Å². The Bertz CT molecular complexity index is 727. The van der Waals surface area contributed by atoms with Gasteiger partial charge < -0.3 is 10.6 Å². The SMILES string of the molecule is O=C(CCC1CCCCC1)NC1(C(F)(F)F)N=C(c2ccccc2)NC1=O. The highest BCUT2D eigenvalue weighted by molar-refractivity contribution is 6.16. The summed E-state index contributed by atoms with van der Waals surface area (Å²) in [5, 5.41) is 4.01. The van der Waals surface area contributed by atoms with E-state index in [0.717, 1.165) is 32.1 Å². The van der Waals surface area contributed by atoms with Crippen LogP contribution in [0.2, 0.25) is 0 Å². The molecule has 1 aromatic carbocycles. The number of aliphatic imine (C=N–C) groups is 1. The van der Waals surface area contributed by atoms with Crippen LogP contribution in [0.1, 0.15) is 50.5 Å². The third kappa shape index (κ3) is 4.14. The Morgan fingerprint density at radius 1 is 1.19 bits per heavy atom. The second kappa shape index (κ2) is 7.70. The quantitative estimate of drug-likeness (QED) is 0.822. The summed E-state index contributed by atoms with van der Waals surface area (Å²) >= 11 is 0. The number of carbonyl (C=O) groups excluding carboxylic acids is 2. The van der Waals surface area contributed by atoms with Gasteiger partial charge in [-0.25, -0.2) is 4.99 Å². The zero-order valence-electron chi connectivity index (χ0n) is 14.8. The first-order chi connectivity index (χ1) is 12.8. The molecular weight excluding hydrogens is 359 g/mol. The number of amidine groups is 1. The number of hydrogen-bond donors (Lipinski definition) is 2. The lowest BCUT2D eigenvalue weighted by atomic mass is 9.86. The fraction of sp³-hybridized carbons (Fsp3) is 0.526. The number of nitrogens with one attached hydrogen (secondary N) is 2. The van der Waals surface area contributed by atoms with Gasteiger partial charge in [-0.15, -0.1) is 0 Å². The Kier molecular flexibility index (Phi) is 5.53. The van der Waals surface area contributed by atoms with Gasteiger partial charge in [0.25, 0.3) is 5.91 Å².